The molecule has 2 atom stereocenters. The van der Waals surface area contributed by atoms with Crippen molar-refractivity contribution in [1.82, 2.24) is 0 Å². The highest BCUT2D eigenvalue weighted by Gasteiger charge is 2.55. The molecule has 76 valence electrons. The average Bonchev–Trinajstić information content (AvgIpc) is 2.73. The van der Waals surface area contributed by atoms with Crippen molar-refractivity contribution in [2.45, 2.75) is 52.4 Å². The van der Waals surface area contributed by atoms with Crippen molar-refractivity contribution in [1.29, 1.82) is 0 Å². The zero-order valence-corrected chi connectivity index (χ0v) is 8.68. The lowest BCUT2D eigenvalue weighted by molar-refractivity contribution is -0.143. The van der Waals surface area contributed by atoms with E-state index < -0.39 is 5.97 Å². The third-order valence-electron chi connectivity index (χ3n) is 3.31. The quantitative estimate of drug-likeness (QED) is 0.644. The fourth-order valence-electron chi connectivity index (χ4n) is 1.95. The van der Waals surface area contributed by atoms with Crippen molar-refractivity contribution in [2.75, 3.05) is 0 Å². The molecule has 0 radical (unpaired) electrons. The van der Waals surface area contributed by atoms with Gasteiger partial charge in [-0.15, -0.1) is 0 Å². The van der Waals surface area contributed by atoms with Crippen LogP contribution in [0.1, 0.15) is 52.4 Å². The van der Waals surface area contributed by atoms with Gasteiger partial charge in [0.1, 0.15) is 0 Å². The summed E-state index contributed by atoms with van der Waals surface area (Å²) in [6.45, 7) is 4.07. The van der Waals surface area contributed by atoms with Crippen molar-refractivity contribution in [2.24, 2.45) is 11.3 Å². The van der Waals surface area contributed by atoms with E-state index in [0.717, 1.165) is 12.8 Å². The first-order valence-corrected chi connectivity index (χ1v) is 5.34. The molecular formula is C11H20O2. The van der Waals surface area contributed by atoms with E-state index in [4.69, 9.17) is 5.11 Å². The maximum Gasteiger partial charge on any atom is 0.309 e. The van der Waals surface area contributed by atoms with E-state index in [1.165, 1.54) is 25.7 Å². The molecule has 0 unspecified atom stereocenters. The van der Waals surface area contributed by atoms with Crippen LogP contribution in [0.3, 0.4) is 0 Å². The Bertz CT molecular complexity index is 189. The van der Waals surface area contributed by atoms with Crippen LogP contribution in [-0.2, 0) is 4.79 Å². The molecule has 1 saturated carbocycles. The molecule has 0 spiro atoms. The van der Waals surface area contributed by atoms with E-state index in [2.05, 4.69) is 6.92 Å². The van der Waals surface area contributed by atoms with Crippen LogP contribution in [0, 0.1) is 11.3 Å². The first-order chi connectivity index (χ1) is 6.11. The summed E-state index contributed by atoms with van der Waals surface area (Å²) in [6, 6.07) is 0. The summed E-state index contributed by atoms with van der Waals surface area (Å²) in [6.07, 6.45) is 7.03. The van der Waals surface area contributed by atoms with E-state index in [0.29, 0.717) is 5.92 Å². The Balaban J connectivity index is 2.10. The molecule has 0 aliphatic heterocycles. The predicted molar refractivity (Wildman–Crippen MR) is 52.6 cm³/mol. The predicted octanol–water partition coefficient (Wildman–Crippen LogP) is 3.07. The van der Waals surface area contributed by atoms with Gasteiger partial charge in [0.05, 0.1) is 5.41 Å². The van der Waals surface area contributed by atoms with Crippen molar-refractivity contribution in [3.05, 3.63) is 0 Å². The van der Waals surface area contributed by atoms with Crippen LogP contribution in [0.5, 0.6) is 0 Å². The molecule has 13 heavy (non-hydrogen) atoms. The summed E-state index contributed by atoms with van der Waals surface area (Å²) < 4.78 is 0. The number of carboxylic acid groups (broad SMARTS) is 1. The topological polar surface area (TPSA) is 37.3 Å². The molecule has 0 aromatic heterocycles. The summed E-state index contributed by atoms with van der Waals surface area (Å²) in [5.41, 5.74) is -0.369. The number of hydrogen-bond donors (Lipinski definition) is 1. The first-order valence-electron chi connectivity index (χ1n) is 5.34. The zero-order valence-electron chi connectivity index (χ0n) is 8.68. The molecule has 2 nitrogen and oxygen atoms in total. The van der Waals surface area contributed by atoms with Gasteiger partial charge in [0, 0.05) is 0 Å². The summed E-state index contributed by atoms with van der Waals surface area (Å²) in [5.74, 6) is -0.144. The molecule has 1 aliphatic rings. The molecule has 0 aromatic rings. The van der Waals surface area contributed by atoms with Gasteiger partial charge in [-0.1, -0.05) is 32.6 Å². The molecule has 1 fully saturated rings. The maximum atomic E-state index is 10.8. The number of aliphatic carboxylic acids is 1. The zero-order chi connectivity index (χ0) is 9.90. The van der Waals surface area contributed by atoms with Crippen molar-refractivity contribution in [3.63, 3.8) is 0 Å². The SMILES string of the molecule is CCCCCC[C@H]1C[C@]1(C)C(=O)O. The van der Waals surface area contributed by atoms with E-state index in [9.17, 15) is 4.79 Å². The van der Waals surface area contributed by atoms with E-state index in [1.54, 1.807) is 0 Å². The lowest BCUT2D eigenvalue weighted by atomic mass is 10.0. The summed E-state index contributed by atoms with van der Waals surface area (Å²) in [7, 11) is 0. The van der Waals surface area contributed by atoms with E-state index in [-0.39, 0.29) is 5.41 Å². The van der Waals surface area contributed by atoms with Crippen LogP contribution < -0.4 is 0 Å². The first kappa shape index (κ1) is 10.6. The third kappa shape index (κ3) is 2.45. The van der Waals surface area contributed by atoms with Gasteiger partial charge in [-0.2, -0.15) is 0 Å². The fraction of sp³-hybridized carbons (Fsp3) is 0.909. The van der Waals surface area contributed by atoms with Gasteiger partial charge < -0.3 is 5.11 Å². The van der Waals surface area contributed by atoms with Crippen LogP contribution >= 0.6 is 0 Å². The van der Waals surface area contributed by atoms with Gasteiger partial charge in [-0.3, -0.25) is 4.79 Å². The van der Waals surface area contributed by atoms with Gasteiger partial charge in [-0.25, -0.2) is 0 Å². The second-order valence-corrected chi connectivity index (χ2v) is 4.47. The fourth-order valence-corrected chi connectivity index (χ4v) is 1.95. The Morgan fingerprint density at radius 2 is 2.15 bits per heavy atom. The standard InChI is InChI=1S/C11H20O2/c1-3-4-5-6-7-9-8-11(9,2)10(12)13/h9H,3-8H2,1-2H3,(H,12,13)/t9-,11-/m0/s1. The highest BCUT2D eigenvalue weighted by molar-refractivity contribution is 5.77. The van der Waals surface area contributed by atoms with Gasteiger partial charge in [-0.05, 0) is 25.7 Å². The van der Waals surface area contributed by atoms with Crippen molar-refractivity contribution < 1.29 is 9.90 Å². The largest absolute Gasteiger partial charge is 0.481 e. The monoisotopic (exact) mass is 184 g/mol. The van der Waals surface area contributed by atoms with Crippen LogP contribution in [0.15, 0.2) is 0 Å². The Morgan fingerprint density at radius 3 is 2.62 bits per heavy atom. The minimum atomic E-state index is -0.604. The maximum absolute atomic E-state index is 10.8. The van der Waals surface area contributed by atoms with E-state index in [1.807, 2.05) is 6.92 Å². The second kappa shape index (κ2) is 4.12. The minimum absolute atomic E-state index is 0.369. The molecule has 0 aromatic carbocycles. The Kier molecular flexibility index (Phi) is 3.34. The molecular weight excluding hydrogens is 164 g/mol. The van der Waals surface area contributed by atoms with E-state index >= 15 is 0 Å². The number of carboxylic acids is 1. The summed E-state index contributed by atoms with van der Waals surface area (Å²) in [5, 5.41) is 8.89. The molecule has 1 aliphatic carbocycles. The number of rotatable bonds is 6. The summed E-state index contributed by atoms with van der Waals surface area (Å²) in [4.78, 5) is 10.8. The highest BCUT2D eigenvalue weighted by atomic mass is 16.4. The average molecular weight is 184 g/mol. The van der Waals surface area contributed by atoms with Crippen LogP contribution in [0.2, 0.25) is 0 Å². The molecule has 0 bridgehead atoms. The lowest BCUT2D eigenvalue weighted by Gasteiger charge is -2.04. The molecule has 0 heterocycles. The second-order valence-electron chi connectivity index (χ2n) is 4.47. The lowest BCUT2D eigenvalue weighted by Crippen LogP contribution is -2.12. The highest BCUT2D eigenvalue weighted by Crippen LogP contribution is 2.54. The van der Waals surface area contributed by atoms with Crippen molar-refractivity contribution >= 4 is 5.97 Å². The molecule has 0 saturated heterocycles. The molecule has 2 heteroatoms. The number of hydrogen-bond acceptors (Lipinski definition) is 1. The van der Waals surface area contributed by atoms with Gasteiger partial charge >= 0.3 is 5.97 Å². The Hall–Kier alpha value is -0.530. The molecule has 0 amide bonds. The molecule has 1 rings (SSSR count). The normalized spacial score (nSPS) is 31.7. The Morgan fingerprint density at radius 1 is 1.46 bits per heavy atom. The number of unbranched alkanes of at least 4 members (excludes halogenated alkanes) is 3. The smallest absolute Gasteiger partial charge is 0.309 e. The van der Waals surface area contributed by atoms with Gasteiger partial charge in [0.15, 0.2) is 0 Å². The van der Waals surface area contributed by atoms with Crippen LogP contribution in [0.25, 0.3) is 0 Å². The third-order valence-corrected chi connectivity index (χ3v) is 3.31. The minimum Gasteiger partial charge on any atom is -0.481 e. The van der Waals surface area contributed by atoms with Crippen LogP contribution in [-0.4, -0.2) is 11.1 Å². The van der Waals surface area contributed by atoms with Gasteiger partial charge in [0.2, 0.25) is 0 Å². The summed E-state index contributed by atoms with van der Waals surface area (Å²) >= 11 is 0. The van der Waals surface area contributed by atoms with Crippen molar-refractivity contribution in [3.8, 4) is 0 Å². The molecule has 1 N–H and O–H groups in total. The number of carbonyl (C=O) groups is 1. The van der Waals surface area contributed by atoms with Gasteiger partial charge in [0.25, 0.3) is 0 Å². The Labute approximate surface area is 80.3 Å². The van der Waals surface area contributed by atoms with Crippen LogP contribution in [0.4, 0.5) is 0 Å².